The molecule has 0 saturated carbocycles. The van der Waals surface area contributed by atoms with Gasteiger partial charge in [0.05, 0.1) is 7.11 Å². The fourth-order valence-electron chi connectivity index (χ4n) is 4.73. The first-order valence-corrected chi connectivity index (χ1v) is 11.9. The van der Waals surface area contributed by atoms with Crippen LogP contribution in [0.15, 0.2) is 55.0 Å². The fourth-order valence-corrected chi connectivity index (χ4v) is 4.73. The van der Waals surface area contributed by atoms with Gasteiger partial charge in [0.15, 0.2) is 0 Å². The van der Waals surface area contributed by atoms with Crippen LogP contribution in [0.2, 0.25) is 0 Å². The summed E-state index contributed by atoms with van der Waals surface area (Å²) in [4.78, 5) is 9.20. The van der Waals surface area contributed by atoms with Gasteiger partial charge in [0.2, 0.25) is 0 Å². The molecule has 1 aromatic carbocycles. The molecule has 176 valence electrons. The zero-order valence-electron chi connectivity index (χ0n) is 21.9. The standard InChI is InChI=1S/C30H40N2O/c1-21-14-15-31-20-26(21)30(7,8)18-24-12-11-23(19-32-24)29(5,6)17-22-10-13-25(28(2,3)4)27(16-22)33-9/h10-16,19-20H,17-18H2,1-9H3. The zero-order valence-corrected chi connectivity index (χ0v) is 21.9. The molecule has 0 N–H and O–H groups in total. The summed E-state index contributed by atoms with van der Waals surface area (Å²) in [6, 6.07) is 13.2. The third-order valence-corrected chi connectivity index (χ3v) is 6.72. The van der Waals surface area contributed by atoms with Crippen molar-refractivity contribution in [2.45, 2.75) is 84.5 Å². The lowest BCUT2D eigenvalue weighted by Crippen LogP contribution is -2.24. The molecule has 3 aromatic rings. The maximum atomic E-state index is 5.72. The van der Waals surface area contributed by atoms with Gasteiger partial charge in [-0.05, 0) is 82.0 Å². The maximum Gasteiger partial charge on any atom is 0.122 e. The molecule has 0 unspecified atom stereocenters. The van der Waals surface area contributed by atoms with Gasteiger partial charge >= 0.3 is 0 Å². The molecular weight excluding hydrogens is 404 g/mol. The first-order valence-electron chi connectivity index (χ1n) is 11.9. The van der Waals surface area contributed by atoms with E-state index in [0.717, 1.165) is 24.3 Å². The number of benzene rings is 1. The zero-order chi connectivity index (χ0) is 24.4. The van der Waals surface area contributed by atoms with Gasteiger partial charge in [-0.3, -0.25) is 9.97 Å². The Labute approximate surface area is 200 Å². The topological polar surface area (TPSA) is 35.0 Å². The Bertz CT molecular complexity index is 1090. The van der Waals surface area contributed by atoms with Crippen molar-refractivity contribution in [2.75, 3.05) is 7.11 Å². The van der Waals surface area contributed by atoms with Crippen molar-refractivity contribution in [3.8, 4) is 5.75 Å². The molecule has 0 atom stereocenters. The molecule has 0 spiro atoms. The summed E-state index contributed by atoms with van der Waals surface area (Å²) < 4.78 is 5.72. The van der Waals surface area contributed by atoms with Gasteiger partial charge in [-0.2, -0.15) is 0 Å². The number of hydrogen-bond acceptors (Lipinski definition) is 3. The van der Waals surface area contributed by atoms with Gasteiger partial charge in [0, 0.05) is 24.3 Å². The third-order valence-electron chi connectivity index (χ3n) is 6.72. The van der Waals surface area contributed by atoms with Crippen LogP contribution in [0.1, 0.15) is 82.0 Å². The number of aryl methyl sites for hydroxylation is 1. The van der Waals surface area contributed by atoms with E-state index in [1.54, 1.807) is 7.11 Å². The van der Waals surface area contributed by atoms with Crippen molar-refractivity contribution in [2.24, 2.45) is 0 Å². The van der Waals surface area contributed by atoms with Crippen LogP contribution in [0.5, 0.6) is 5.75 Å². The van der Waals surface area contributed by atoms with E-state index in [9.17, 15) is 0 Å². The average molecular weight is 445 g/mol. The van der Waals surface area contributed by atoms with E-state index in [0.29, 0.717) is 0 Å². The van der Waals surface area contributed by atoms with Crippen LogP contribution in [0.4, 0.5) is 0 Å². The number of methoxy groups -OCH3 is 1. The van der Waals surface area contributed by atoms with E-state index in [1.165, 1.54) is 27.8 Å². The molecule has 33 heavy (non-hydrogen) atoms. The lowest BCUT2D eigenvalue weighted by atomic mass is 9.77. The molecule has 3 rings (SSSR count). The van der Waals surface area contributed by atoms with Gasteiger partial charge < -0.3 is 4.74 Å². The van der Waals surface area contributed by atoms with Crippen LogP contribution in [0, 0.1) is 6.92 Å². The van der Waals surface area contributed by atoms with Crippen LogP contribution in [-0.4, -0.2) is 17.1 Å². The monoisotopic (exact) mass is 444 g/mol. The fraction of sp³-hybridized carbons (Fsp3) is 0.467. The summed E-state index contributed by atoms with van der Waals surface area (Å²) in [6.07, 6.45) is 7.71. The maximum absolute atomic E-state index is 5.72. The van der Waals surface area contributed by atoms with Crippen molar-refractivity contribution >= 4 is 0 Å². The molecule has 2 aromatic heterocycles. The lowest BCUT2D eigenvalue weighted by molar-refractivity contribution is 0.396. The Morgan fingerprint density at radius 1 is 0.788 bits per heavy atom. The van der Waals surface area contributed by atoms with Crippen molar-refractivity contribution < 1.29 is 4.74 Å². The molecular formula is C30H40N2O. The molecule has 0 fully saturated rings. The van der Waals surface area contributed by atoms with Crippen LogP contribution in [-0.2, 0) is 29.1 Å². The number of aromatic nitrogens is 2. The van der Waals surface area contributed by atoms with Crippen LogP contribution < -0.4 is 4.74 Å². The summed E-state index contributed by atoms with van der Waals surface area (Å²) in [5.74, 6) is 0.970. The van der Waals surface area contributed by atoms with Gasteiger partial charge in [-0.25, -0.2) is 0 Å². The van der Waals surface area contributed by atoms with E-state index in [4.69, 9.17) is 9.72 Å². The lowest BCUT2D eigenvalue weighted by Gasteiger charge is -2.28. The molecule has 0 bridgehead atoms. The predicted molar refractivity (Wildman–Crippen MR) is 138 cm³/mol. The smallest absolute Gasteiger partial charge is 0.122 e. The highest BCUT2D eigenvalue weighted by Gasteiger charge is 2.26. The highest BCUT2D eigenvalue weighted by molar-refractivity contribution is 5.42. The van der Waals surface area contributed by atoms with Crippen LogP contribution >= 0.6 is 0 Å². The third kappa shape index (κ3) is 5.82. The number of ether oxygens (including phenoxy) is 1. The van der Waals surface area contributed by atoms with Crippen LogP contribution in [0.3, 0.4) is 0 Å². The van der Waals surface area contributed by atoms with E-state index in [2.05, 4.69) is 103 Å². The van der Waals surface area contributed by atoms with Gasteiger partial charge in [0.25, 0.3) is 0 Å². The first kappa shape index (κ1) is 25.0. The Hall–Kier alpha value is -2.68. The number of rotatable bonds is 7. The quantitative estimate of drug-likeness (QED) is 0.389. The van der Waals surface area contributed by atoms with E-state index >= 15 is 0 Å². The highest BCUT2D eigenvalue weighted by atomic mass is 16.5. The molecule has 0 aliphatic carbocycles. The molecule has 0 amide bonds. The Morgan fingerprint density at radius 2 is 1.52 bits per heavy atom. The molecule has 3 heteroatoms. The summed E-state index contributed by atoms with van der Waals surface area (Å²) in [6.45, 7) is 17.9. The van der Waals surface area contributed by atoms with E-state index in [1.807, 2.05) is 12.4 Å². The Kier molecular flexibility index (Phi) is 7.02. The predicted octanol–water partition coefficient (Wildman–Crippen LogP) is 7.13. The highest BCUT2D eigenvalue weighted by Crippen LogP contribution is 2.35. The van der Waals surface area contributed by atoms with Crippen molar-refractivity contribution in [1.29, 1.82) is 0 Å². The summed E-state index contributed by atoms with van der Waals surface area (Å²) in [5, 5.41) is 0. The number of nitrogens with zero attached hydrogens (tertiary/aromatic N) is 2. The SMILES string of the molecule is COc1cc(CC(C)(C)c2ccc(CC(C)(C)c3cnccc3C)nc2)ccc1C(C)(C)C. The van der Waals surface area contributed by atoms with Gasteiger partial charge in [-0.15, -0.1) is 0 Å². The van der Waals surface area contributed by atoms with Crippen LogP contribution in [0.25, 0.3) is 0 Å². The first-order chi connectivity index (χ1) is 15.3. The second kappa shape index (κ2) is 9.29. The minimum atomic E-state index is -0.0325. The molecule has 0 aliphatic rings. The number of pyridine rings is 2. The molecule has 0 radical (unpaired) electrons. The minimum absolute atomic E-state index is 0.0201. The van der Waals surface area contributed by atoms with E-state index < -0.39 is 0 Å². The number of hydrogen-bond donors (Lipinski definition) is 0. The van der Waals surface area contributed by atoms with Gasteiger partial charge in [-0.1, -0.05) is 66.7 Å². The van der Waals surface area contributed by atoms with Crippen molar-refractivity contribution in [3.05, 3.63) is 88.5 Å². The minimum Gasteiger partial charge on any atom is -0.496 e. The Morgan fingerprint density at radius 3 is 2.09 bits per heavy atom. The van der Waals surface area contributed by atoms with Crippen molar-refractivity contribution in [3.63, 3.8) is 0 Å². The summed E-state index contributed by atoms with van der Waals surface area (Å²) >= 11 is 0. The largest absolute Gasteiger partial charge is 0.496 e. The summed E-state index contributed by atoms with van der Waals surface area (Å²) in [5.41, 5.74) is 7.44. The normalized spacial score (nSPS) is 12.6. The average Bonchev–Trinajstić information content (AvgIpc) is 2.73. The molecule has 2 heterocycles. The molecule has 0 aliphatic heterocycles. The van der Waals surface area contributed by atoms with E-state index in [-0.39, 0.29) is 16.2 Å². The summed E-state index contributed by atoms with van der Waals surface area (Å²) in [7, 11) is 1.76. The van der Waals surface area contributed by atoms with Gasteiger partial charge in [0.1, 0.15) is 5.75 Å². The van der Waals surface area contributed by atoms with Crippen molar-refractivity contribution in [1.82, 2.24) is 9.97 Å². The second-order valence-electron chi connectivity index (χ2n) is 11.6. The molecule has 3 nitrogen and oxygen atoms in total. The Balaban J connectivity index is 1.78. The molecule has 0 saturated heterocycles. The second-order valence-corrected chi connectivity index (χ2v) is 11.6.